The molecule has 2 aromatic rings. The van der Waals surface area contributed by atoms with Gasteiger partial charge in [-0.25, -0.2) is 0 Å². The van der Waals surface area contributed by atoms with E-state index in [1.54, 1.807) is 11.7 Å². The molecule has 0 amide bonds. The van der Waals surface area contributed by atoms with E-state index in [0.29, 0.717) is 0 Å². The van der Waals surface area contributed by atoms with Crippen LogP contribution in [0.25, 0.3) is 10.9 Å². The Morgan fingerprint density at radius 3 is 2.88 bits per heavy atom. The van der Waals surface area contributed by atoms with Gasteiger partial charge in [0.1, 0.15) is 5.92 Å². The lowest BCUT2D eigenvalue weighted by Gasteiger charge is -2.13. The molecule has 1 heterocycles. The molecule has 1 aromatic heterocycles. The van der Waals surface area contributed by atoms with Gasteiger partial charge < -0.3 is 10.5 Å². The van der Waals surface area contributed by atoms with Crippen molar-refractivity contribution in [2.24, 2.45) is 12.8 Å². The second kappa shape index (κ2) is 4.55. The molecule has 1 aromatic carbocycles. The molecule has 0 radical (unpaired) electrons. The van der Waals surface area contributed by atoms with Crippen molar-refractivity contribution in [2.75, 3.05) is 13.7 Å². The lowest BCUT2D eigenvalue weighted by atomic mass is 10.0. The number of aromatic nitrogens is 2. The Morgan fingerprint density at radius 2 is 2.24 bits per heavy atom. The highest BCUT2D eigenvalue weighted by Gasteiger charge is 2.25. The predicted molar refractivity (Wildman–Crippen MR) is 64.5 cm³/mol. The lowest BCUT2D eigenvalue weighted by Crippen LogP contribution is -2.25. The van der Waals surface area contributed by atoms with Crippen LogP contribution in [-0.4, -0.2) is 29.4 Å². The van der Waals surface area contributed by atoms with Gasteiger partial charge in [-0.15, -0.1) is 0 Å². The van der Waals surface area contributed by atoms with E-state index in [0.717, 1.165) is 16.6 Å². The van der Waals surface area contributed by atoms with Gasteiger partial charge in [0.05, 0.1) is 18.3 Å². The lowest BCUT2D eigenvalue weighted by molar-refractivity contribution is -0.142. The number of nitrogens with two attached hydrogens (primary N) is 1. The number of carbonyl (C=O) groups excluding carboxylic acids is 1. The van der Waals surface area contributed by atoms with Gasteiger partial charge in [-0.3, -0.25) is 9.48 Å². The van der Waals surface area contributed by atoms with Crippen LogP contribution in [0.1, 0.15) is 11.6 Å². The van der Waals surface area contributed by atoms with Crippen molar-refractivity contribution in [3.63, 3.8) is 0 Å². The zero-order valence-corrected chi connectivity index (χ0v) is 9.88. The number of nitrogens with zero attached hydrogens (tertiary/aromatic N) is 2. The fourth-order valence-electron chi connectivity index (χ4n) is 2.04. The standard InChI is InChI=1S/C12H15N3O2/c1-15-11(9(7-13)12(16)17-2)8-5-3-4-6-10(8)14-15/h3-6,9H,7,13H2,1-2H3. The van der Waals surface area contributed by atoms with Gasteiger partial charge in [0.25, 0.3) is 0 Å². The molecule has 0 aliphatic heterocycles. The van der Waals surface area contributed by atoms with Crippen molar-refractivity contribution in [3.8, 4) is 0 Å². The molecule has 1 atom stereocenters. The molecule has 0 aliphatic rings. The van der Waals surface area contributed by atoms with E-state index in [4.69, 9.17) is 10.5 Å². The van der Waals surface area contributed by atoms with Gasteiger partial charge in [-0.1, -0.05) is 18.2 Å². The first-order chi connectivity index (χ1) is 8.19. The Kier molecular flexibility index (Phi) is 3.10. The molecular formula is C12H15N3O2. The van der Waals surface area contributed by atoms with Crippen molar-refractivity contribution in [2.45, 2.75) is 5.92 Å². The number of ether oxygens (including phenoxy) is 1. The molecule has 0 fully saturated rings. The maximum absolute atomic E-state index is 11.7. The first kappa shape index (κ1) is 11.6. The number of benzene rings is 1. The number of aryl methyl sites for hydroxylation is 1. The molecule has 0 saturated heterocycles. The smallest absolute Gasteiger partial charge is 0.316 e. The number of hydrogen-bond acceptors (Lipinski definition) is 4. The quantitative estimate of drug-likeness (QED) is 0.796. The van der Waals surface area contributed by atoms with E-state index < -0.39 is 5.92 Å². The van der Waals surface area contributed by atoms with Crippen LogP contribution in [0.2, 0.25) is 0 Å². The monoisotopic (exact) mass is 233 g/mol. The summed E-state index contributed by atoms with van der Waals surface area (Å²) < 4.78 is 6.46. The second-order valence-electron chi connectivity index (χ2n) is 3.84. The molecule has 0 bridgehead atoms. The zero-order chi connectivity index (χ0) is 12.4. The zero-order valence-electron chi connectivity index (χ0n) is 9.88. The minimum absolute atomic E-state index is 0.205. The third-order valence-corrected chi connectivity index (χ3v) is 2.84. The molecule has 90 valence electrons. The van der Waals surface area contributed by atoms with Crippen LogP contribution >= 0.6 is 0 Å². The first-order valence-electron chi connectivity index (χ1n) is 5.38. The summed E-state index contributed by atoms with van der Waals surface area (Å²) in [5.41, 5.74) is 7.31. The van der Waals surface area contributed by atoms with E-state index >= 15 is 0 Å². The summed E-state index contributed by atoms with van der Waals surface area (Å²) in [6.07, 6.45) is 0. The van der Waals surface area contributed by atoms with Crippen LogP contribution in [0, 0.1) is 0 Å². The molecule has 17 heavy (non-hydrogen) atoms. The van der Waals surface area contributed by atoms with Crippen LogP contribution in [0.15, 0.2) is 24.3 Å². The van der Waals surface area contributed by atoms with E-state index in [1.807, 2.05) is 24.3 Å². The number of carbonyl (C=O) groups is 1. The summed E-state index contributed by atoms with van der Waals surface area (Å²) in [5, 5.41) is 5.29. The Morgan fingerprint density at radius 1 is 1.53 bits per heavy atom. The van der Waals surface area contributed by atoms with Crippen LogP contribution in [-0.2, 0) is 16.6 Å². The van der Waals surface area contributed by atoms with Gasteiger partial charge in [-0.2, -0.15) is 5.10 Å². The second-order valence-corrected chi connectivity index (χ2v) is 3.84. The van der Waals surface area contributed by atoms with Gasteiger partial charge >= 0.3 is 5.97 Å². The Bertz CT molecular complexity index is 548. The maximum atomic E-state index is 11.7. The molecular weight excluding hydrogens is 218 g/mol. The minimum atomic E-state index is -0.475. The van der Waals surface area contributed by atoms with E-state index in [2.05, 4.69) is 5.10 Å². The Hall–Kier alpha value is -1.88. The highest BCUT2D eigenvalue weighted by Crippen LogP contribution is 2.25. The SMILES string of the molecule is COC(=O)C(CN)c1c2ccccc2nn1C. The molecule has 0 saturated carbocycles. The van der Waals surface area contributed by atoms with Crippen LogP contribution < -0.4 is 5.73 Å². The highest BCUT2D eigenvalue weighted by atomic mass is 16.5. The third-order valence-electron chi connectivity index (χ3n) is 2.84. The van der Waals surface area contributed by atoms with Crippen molar-refractivity contribution in [1.29, 1.82) is 0 Å². The Balaban J connectivity index is 2.60. The molecule has 0 spiro atoms. The molecule has 1 unspecified atom stereocenters. The van der Waals surface area contributed by atoms with Gasteiger partial charge in [0.2, 0.25) is 0 Å². The van der Waals surface area contributed by atoms with E-state index in [-0.39, 0.29) is 12.5 Å². The highest BCUT2D eigenvalue weighted by molar-refractivity contribution is 5.88. The molecule has 2 N–H and O–H groups in total. The van der Waals surface area contributed by atoms with Gasteiger partial charge in [0, 0.05) is 19.0 Å². The first-order valence-corrected chi connectivity index (χ1v) is 5.38. The normalized spacial score (nSPS) is 12.6. The van der Waals surface area contributed by atoms with Gasteiger partial charge in [0.15, 0.2) is 0 Å². The summed E-state index contributed by atoms with van der Waals surface area (Å²) >= 11 is 0. The fourth-order valence-corrected chi connectivity index (χ4v) is 2.04. The van der Waals surface area contributed by atoms with Crippen molar-refractivity contribution >= 4 is 16.9 Å². The molecule has 5 nitrogen and oxygen atoms in total. The number of rotatable bonds is 3. The summed E-state index contributed by atoms with van der Waals surface area (Å²) in [4.78, 5) is 11.7. The average Bonchev–Trinajstić information content (AvgIpc) is 2.67. The van der Waals surface area contributed by atoms with Crippen LogP contribution in [0.5, 0.6) is 0 Å². The summed E-state index contributed by atoms with van der Waals surface area (Å²) in [6.45, 7) is 0.205. The van der Waals surface area contributed by atoms with E-state index in [1.165, 1.54) is 7.11 Å². The van der Waals surface area contributed by atoms with Crippen molar-refractivity contribution in [3.05, 3.63) is 30.0 Å². The molecule has 2 rings (SSSR count). The number of methoxy groups -OCH3 is 1. The molecule has 5 heteroatoms. The maximum Gasteiger partial charge on any atom is 0.316 e. The Labute approximate surface area is 99.2 Å². The average molecular weight is 233 g/mol. The summed E-state index contributed by atoms with van der Waals surface area (Å²) in [7, 11) is 3.17. The summed E-state index contributed by atoms with van der Waals surface area (Å²) in [5.74, 6) is -0.807. The largest absolute Gasteiger partial charge is 0.468 e. The summed E-state index contributed by atoms with van der Waals surface area (Å²) in [6, 6.07) is 7.67. The van der Waals surface area contributed by atoms with Crippen molar-refractivity contribution in [1.82, 2.24) is 9.78 Å². The fraction of sp³-hybridized carbons (Fsp3) is 0.333. The number of hydrogen-bond donors (Lipinski definition) is 1. The number of esters is 1. The van der Waals surface area contributed by atoms with Gasteiger partial charge in [-0.05, 0) is 6.07 Å². The number of fused-ring (bicyclic) bond motifs is 1. The topological polar surface area (TPSA) is 70.1 Å². The molecule has 0 aliphatic carbocycles. The van der Waals surface area contributed by atoms with Crippen LogP contribution in [0.4, 0.5) is 0 Å². The third kappa shape index (κ3) is 1.89. The van der Waals surface area contributed by atoms with Crippen molar-refractivity contribution < 1.29 is 9.53 Å². The minimum Gasteiger partial charge on any atom is -0.468 e. The predicted octanol–water partition coefficient (Wildman–Crippen LogP) is 0.789. The van der Waals surface area contributed by atoms with E-state index in [9.17, 15) is 4.79 Å². The van der Waals surface area contributed by atoms with Crippen LogP contribution in [0.3, 0.4) is 0 Å².